The molecular formula is C16H18S2. The van der Waals surface area contributed by atoms with Crippen molar-refractivity contribution in [1.29, 1.82) is 0 Å². The van der Waals surface area contributed by atoms with E-state index in [4.69, 9.17) is 0 Å². The first-order valence-electron chi connectivity index (χ1n) is 6.02. The van der Waals surface area contributed by atoms with E-state index >= 15 is 0 Å². The molecule has 0 saturated carbocycles. The third-order valence-corrected chi connectivity index (χ3v) is 4.75. The minimum absolute atomic E-state index is 1.04. The van der Waals surface area contributed by atoms with Gasteiger partial charge in [-0.1, -0.05) is 35.4 Å². The molecule has 0 aliphatic carbocycles. The van der Waals surface area contributed by atoms with Gasteiger partial charge in [0.25, 0.3) is 0 Å². The van der Waals surface area contributed by atoms with Gasteiger partial charge in [0.1, 0.15) is 0 Å². The second-order valence-corrected chi connectivity index (χ2v) is 6.31. The lowest BCUT2D eigenvalue weighted by Crippen LogP contribution is -1.87. The molecule has 0 aliphatic rings. The van der Waals surface area contributed by atoms with Crippen LogP contribution in [0.1, 0.15) is 16.7 Å². The van der Waals surface area contributed by atoms with Crippen LogP contribution in [0.4, 0.5) is 0 Å². The number of hydrogen-bond acceptors (Lipinski definition) is 2. The minimum atomic E-state index is 1.04. The highest BCUT2D eigenvalue weighted by Crippen LogP contribution is 2.29. The van der Waals surface area contributed by atoms with Crippen molar-refractivity contribution in [3.63, 3.8) is 0 Å². The van der Waals surface area contributed by atoms with E-state index in [2.05, 4.69) is 62.6 Å². The first kappa shape index (κ1) is 13.6. The van der Waals surface area contributed by atoms with Crippen LogP contribution in [-0.4, -0.2) is 6.26 Å². The van der Waals surface area contributed by atoms with E-state index in [1.165, 1.54) is 26.5 Å². The van der Waals surface area contributed by atoms with Crippen molar-refractivity contribution in [2.24, 2.45) is 0 Å². The van der Waals surface area contributed by atoms with Crippen molar-refractivity contribution in [1.82, 2.24) is 0 Å². The van der Waals surface area contributed by atoms with E-state index in [1.807, 2.05) is 23.5 Å². The quantitative estimate of drug-likeness (QED) is 0.692. The van der Waals surface area contributed by atoms with E-state index in [9.17, 15) is 0 Å². The molecule has 94 valence electrons. The monoisotopic (exact) mass is 274 g/mol. The van der Waals surface area contributed by atoms with Crippen molar-refractivity contribution >= 4 is 23.5 Å². The summed E-state index contributed by atoms with van der Waals surface area (Å²) in [5.74, 6) is 1.04. The first-order chi connectivity index (χ1) is 8.69. The highest BCUT2D eigenvalue weighted by Gasteiger charge is 2.03. The SMILES string of the molecule is CSc1ccc(C)cc1CSc1ccc(C)cc1. The fraction of sp³-hybridized carbons (Fsp3) is 0.250. The largest absolute Gasteiger partial charge is 0.129 e. The van der Waals surface area contributed by atoms with Crippen molar-refractivity contribution in [3.05, 3.63) is 59.2 Å². The maximum absolute atomic E-state index is 2.30. The Kier molecular flexibility index (Phi) is 4.79. The van der Waals surface area contributed by atoms with Gasteiger partial charge in [-0.05, 0) is 43.9 Å². The number of thioether (sulfide) groups is 2. The normalized spacial score (nSPS) is 10.6. The molecule has 0 saturated heterocycles. The summed E-state index contributed by atoms with van der Waals surface area (Å²) < 4.78 is 0. The summed E-state index contributed by atoms with van der Waals surface area (Å²) in [5.41, 5.74) is 4.10. The maximum atomic E-state index is 2.30. The van der Waals surface area contributed by atoms with Gasteiger partial charge in [0.05, 0.1) is 0 Å². The van der Waals surface area contributed by atoms with Gasteiger partial charge in [-0.2, -0.15) is 0 Å². The van der Waals surface area contributed by atoms with Gasteiger partial charge in [-0.25, -0.2) is 0 Å². The topological polar surface area (TPSA) is 0 Å². The molecule has 0 amide bonds. The summed E-state index contributed by atoms with van der Waals surface area (Å²) in [6.45, 7) is 4.28. The van der Waals surface area contributed by atoms with E-state index in [0.717, 1.165) is 5.75 Å². The summed E-state index contributed by atoms with van der Waals surface area (Å²) in [4.78, 5) is 2.73. The van der Waals surface area contributed by atoms with E-state index < -0.39 is 0 Å². The van der Waals surface area contributed by atoms with Crippen molar-refractivity contribution in [3.8, 4) is 0 Å². The zero-order valence-electron chi connectivity index (χ0n) is 11.1. The highest BCUT2D eigenvalue weighted by atomic mass is 32.2. The van der Waals surface area contributed by atoms with Crippen molar-refractivity contribution < 1.29 is 0 Å². The minimum Gasteiger partial charge on any atom is -0.129 e. The number of aryl methyl sites for hydroxylation is 2. The van der Waals surface area contributed by atoms with Crippen molar-refractivity contribution in [2.75, 3.05) is 6.26 Å². The lowest BCUT2D eigenvalue weighted by atomic mass is 10.2. The van der Waals surface area contributed by atoms with Crippen LogP contribution in [-0.2, 0) is 5.75 Å². The van der Waals surface area contributed by atoms with E-state index in [0.29, 0.717) is 0 Å². The van der Waals surface area contributed by atoms with Gasteiger partial charge in [-0.15, -0.1) is 23.5 Å². The number of benzene rings is 2. The molecule has 2 aromatic rings. The van der Waals surface area contributed by atoms with Crippen LogP contribution in [0.15, 0.2) is 52.3 Å². The van der Waals surface area contributed by atoms with Gasteiger partial charge in [0.2, 0.25) is 0 Å². The Morgan fingerprint density at radius 1 is 0.889 bits per heavy atom. The van der Waals surface area contributed by atoms with Gasteiger partial charge in [0, 0.05) is 15.5 Å². The molecule has 0 heterocycles. The van der Waals surface area contributed by atoms with Crippen LogP contribution < -0.4 is 0 Å². The second-order valence-electron chi connectivity index (χ2n) is 4.42. The van der Waals surface area contributed by atoms with Crippen LogP contribution in [0.5, 0.6) is 0 Å². The Hall–Kier alpha value is -0.860. The van der Waals surface area contributed by atoms with E-state index in [-0.39, 0.29) is 0 Å². The Balaban J connectivity index is 2.09. The lowest BCUT2D eigenvalue weighted by molar-refractivity contribution is 1.23. The fourth-order valence-corrected chi connectivity index (χ4v) is 3.39. The molecule has 0 fully saturated rings. The molecule has 0 spiro atoms. The first-order valence-corrected chi connectivity index (χ1v) is 8.23. The molecule has 18 heavy (non-hydrogen) atoms. The van der Waals surface area contributed by atoms with Crippen LogP contribution in [0.3, 0.4) is 0 Å². The van der Waals surface area contributed by atoms with Crippen LogP contribution in [0.25, 0.3) is 0 Å². The number of rotatable bonds is 4. The predicted octanol–water partition coefficient (Wildman–Crippen LogP) is 5.32. The third kappa shape index (κ3) is 3.56. The third-order valence-electron chi connectivity index (χ3n) is 2.85. The highest BCUT2D eigenvalue weighted by molar-refractivity contribution is 7.99. The standard InChI is InChI=1S/C16H18S2/c1-12-4-7-15(8-5-12)18-11-14-10-13(2)6-9-16(14)17-3/h4-10H,11H2,1-3H3. The van der Waals surface area contributed by atoms with Gasteiger partial charge in [0.15, 0.2) is 0 Å². The predicted molar refractivity (Wildman–Crippen MR) is 83.7 cm³/mol. The molecule has 0 aromatic heterocycles. The molecule has 0 aliphatic heterocycles. The Morgan fingerprint density at radius 2 is 1.56 bits per heavy atom. The summed E-state index contributed by atoms with van der Waals surface area (Å²) in [7, 11) is 0. The zero-order chi connectivity index (χ0) is 13.0. The molecule has 0 N–H and O–H groups in total. The van der Waals surface area contributed by atoms with Crippen LogP contribution >= 0.6 is 23.5 Å². The molecule has 2 aromatic carbocycles. The molecule has 0 radical (unpaired) electrons. The van der Waals surface area contributed by atoms with Gasteiger partial charge >= 0.3 is 0 Å². The van der Waals surface area contributed by atoms with Gasteiger partial charge < -0.3 is 0 Å². The van der Waals surface area contributed by atoms with E-state index in [1.54, 1.807) is 0 Å². The van der Waals surface area contributed by atoms with Crippen LogP contribution in [0.2, 0.25) is 0 Å². The Labute approximate surface area is 118 Å². The molecule has 0 bridgehead atoms. The lowest BCUT2D eigenvalue weighted by Gasteiger charge is -2.08. The zero-order valence-corrected chi connectivity index (χ0v) is 12.7. The fourth-order valence-electron chi connectivity index (χ4n) is 1.82. The Bertz CT molecular complexity index is 515. The summed E-state index contributed by atoms with van der Waals surface area (Å²) in [6, 6.07) is 15.5. The Morgan fingerprint density at radius 3 is 2.22 bits per heavy atom. The smallest absolute Gasteiger partial charge is 0.0243 e. The molecule has 0 nitrogen and oxygen atoms in total. The average Bonchev–Trinajstić information content (AvgIpc) is 2.38. The molecular weight excluding hydrogens is 256 g/mol. The van der Waals surface area contributed by atoms with Crippen molar-refractivity contribution in [2.45, 2.75) is 29.4 Å². The second kappa shape index (κ2) is 6.35. The summed E-state index contributed by atoms with van der Waals surface area (Å²) in [6.07, 6.45) is 2.14. The molecule has 2 heteroatoms. The molecule has 0 unspecified atom stereocenters. The average molecular weight is 274 g/mol. The van der Waals surface area contributed by atoms with Crippen LogP contribution in [0, 0.1) is 13.8 Å². The molecule has 0 atom stereocenters. The maximum Gasteiger partial charge on any atom is 0.0243 e. The number of hydrogen-bond donors (Lipinski definition) is 0. The summed E-state index contributed by atoms with van der Waals surface area (Å²) in [5, 5.41) is 0. The summed E-state index contributed by atoms with van der Waals surface area (Å²) >= 11 is 3.74. The molecule has 2 rings (SSSR count). The van der Waals surface area contributed by atoms with Gasteiger partial charge in [-0.3, -0.25) is 0 Å².